The molecule has 0 aliphatic heterocycles. The predicted octanol–water partition coefficient (Wildman–Crippen LogP) is 2.58. The van der Waals surface area contributed by atoms with Gasteiger partial charge in [0.1, 0.15) is 0 Å². The molecule has 0 aliphatic rings. The van der Waals surface area contributed by atoms with Crippen molar-refractivity contribution in [2.75, 3.05) is 13.2 Å². The summed E-state index contributed by atoms with van der Waals surface area (Å²) in [5.41, 5.74) is 0. The zero-order valence-electron chi connectivity index (χ0n) is 11.8. The molecule has 0 heterocycles. The maximum Gasteiger partial charge on any atom is 0.320 e. The first-order valence-electron chi connectivity index (χ1n) is 6.32. The Balaban J connectivity index is 4.39. The van der Waals surface area contributed by atoms with E-state index in [1.807, 2.05) is 27.7 Å². The van der Waals surface area contributed by atoms with Crippen LogP contribution in [0.5, 0.6) is 0 Å². The van der Waals surface area contributed by atoms with Crippen LogP contribution in [-0.2, 0) is 19.1 Å². The van der Waals surface area contributed by atoms with Crippen molar-refractivity contribution in [1.82, 2.24) is 0 Å². The van der Waals surface area contributed by atoms with Gasteiger partial charge in [-0.1, -0.05) is 33.8 Å². The molecule has 0 amide bonds. The molecule has 0 fully saturated rings. The molecule has 0 N–H and O–H groups in total. The third-order valence-corrected chi connectivity index (χ3v) is 2.09. The SMILES string of the molecule is C=CCC(C(=O)OCC(C)C)C(=O)OCC(C)C. The van der Waals surface area contributed by atoms with Crippen molar-refractivity contribution in [3.05, 3.63) is 12.7 Å². The highest BCUT2D eigenvalue weighted by atomic mass is 16.6. The largest absolute Gasteiger partial charge is 0.465 e. The van der Waals surface area contributed by atoms with Crippen molar-refractivity contribution in [2.24, 2.45) is 17.8 Å². The van der Waals surface area contributed by atoms with Gasteiger partial charge in [0.2, 0.25) is 0 Å². The second-order valence-electron chi connectivity index (χ2n) is 5.12. The van der Waals surface area contributed by atoms with Crippen LogP contribution in [0.1, 0.15) is 34.1 Å². The average Bonchev–Trinajstić information content (AvgIpc) is 2.29. The molecule has 18 heavy (non-hydrogen) atoms. The van der Waals surface area contributed by atoms with Crippen LogP contribution in [0.4, 0.5) is 0 Å². The van der Waals surface area contributed by atoms with Crippen molar-refractivity contribution in [1.29, 1.82) is 0 Å². The molecule has 0 saturated carbocycles. The molecule has 0 aliphatic carbocycles. The molecule has 4 heteroatoms. The molecule has 0 radical (unpaired) electrons. The average molecular weight is 256 g/mol. The summed E-state index contributed by atoms with van der Waals surface area (Å²) in [5.74, 6) is -1.47. The summed E-state index contributed by atoms with van der Waals surface area (Å²) >= 11 is 0. The Labute approximate surface area is 109 Å². The maximum atomic E-state index is 11.8. The summed E-state index contributed by atoms with van der Waals surface area (Å²) in [6.07, 6.45) is 1.77. The summed E-state index contributed by atoms with van der Waals surface area (Å²) in [6.45, 7) is 11.9. The summed E-state index contributed by atoms with van der Waals surface area (Å²) < 4.78 is 10.1. The zero-order valence-corrected chi connectivity index (χ0v) is 11.8. The van der Waals surface area contributed by atoms with E-state index in [4.69, 9.17) is 9.47 Å². The van der Waals surface area contributed by atoms with Crippen LogP contribution in [0.15, 0.2) is 12.7 Å². The lowest BCUT2D eigenvalue weighted by atomic mass is 10.1. The van der Waals surface area contributed by atoms with Crippen LogP contribution in [0.25, 0.3) is 0 Å². The summed E-state index contributed by atoms with van der Waals surface area (Å²) in [6, 6.07) is 0. The van der Waals surface area contributed by atoms with Crippen LogP contribution in [0, 0.1) is 17.8 Å². The third kappa shape index (κ3) is 7.09. The fraction of sp³-hybridized carbons (Fsp3) is 0.714. The van der Waals surface area contributed by atoms with Gasteiger partial charge in [-0.2, -0.15) is 0 Å². The van der Waals surface area contributed by atoms with Gasteiger partial charge in [0.25, 0.3) is 0 Å². The van der Waals surface area contributed by atoms with Crippen molar-refractivity contribution in [3.8, 4) is 0 Å². The quantitative estimate of drug-likeness (QED) is 0.380. The Kier molecular flexibility index (Phi) is 8.08. The van der Waals surface area contributed by atoms with Crippen molar-refractivity contribution < 1.29 is 19.1 Å². The number of rotatable bonds is 8. The van der Waals surface area contributed by atoms with Gasteiger partial charge in [0, 0.05) is 0 Å². The van der Waals surface area contributed by atoms with Gasteiger partial charge >= 0.3 is 11.9 Å². The van der Waals surface area contributed by atoms with Gasteiger partial charge in [0.15, 0.2) is 5.92 Å². The fourth-order valence-corrected chi connectivity index (χ4v) is 1.15. The first kappa shape index (κ1) is 16.7. The van der Waals surface area contributed by atoms with Gasteiger partial charge < -0.3 is 9.47 Å². The van der Waals surface area contributed by atoms with Crippen LogP contribution < -0.4 is 0 Å². The highest BCUT2D eigenvalue weighted by Crippen LogP contribution is 2.11. The van der Waals surface area contributed by atoms with Crippen molar-refractivity contribution >= 4 is 11.9 Å². The first-order chi connectivity index (χ1) is 8.38. The Morgan fingerprint density at radius 3 is 1.67 bits per heavy atom. The number of hydrogen-bond donors (Lipinski definition) is 0. The molecule has 0 aromatic carbocycles. The first-order valence-corrected chi connectivity index (χ1v) is 6.32. The second kappa shape index (κ2) is 8.72. The van der Waals surface area contributed by atoms with Gasteiger partial charge in [0.05, 0.1) is 13.2 Å². The van der Waals surface area contributed by atoms with E-state index in [0.29, 0.717) is 13.2 Å². The molecular formula is C14H24O4. The van der Waals surface area contributed by atoms with Crippen LogP contribution in [0.3, 0.4) is 0 Å². The zero-order chi connectivity index (χ0) is 14.1. The Morgan fingerprint density at radius 1 is 1.00 bits per heavy atom. The summed E-state index contributed by atoms with van der Waals surface area (Å²) in [5, 5.41) is 0. The lowest BCUT2D eigenvalue weighted by molar-refractivity contribution is -0.163. The standard InChI is InChI=1S/C14H24O4/c1-6-7-12(13(15)17-8-10(2)3)14(16)18-9-11(4)5/h6,10-12H,1,7-9H2,2-5H3. The number of esters is 2. The molecule has 0 unspecified atom stereocenters. The van der Waals surface area contributed by atoms with E-state index in [1.54, 1.807) is 0 Å². The molecule has 4 nitrogen and oxygen atoms in total. The lowest BCUT2D eigenvalue weighted by Gasteiger charge is -2.15. The van der Waals surface area contributed by atoms with E-state index in [9.17, 15) is 9.59 Å². The minimum absolute atomic E-state index is 0.241. The van der Waals surface area contributed by atoms with E-state index in [-0.39, 0.29) is 18.3 Å². The van der Waals surface area contributed by atoms with Gasteiger partial charge in [-0.05, 0) is 18.3 Å². The molecular weight excluding hydrogens is 232 g/mol. The van der Waals surface area contributed by atoms with Gasteiger partial charge in [-0.25, -0.2) is 0 Å². The molecule has 0 atom stereocenters. The van der Waals surface area contributed by atoms with Gasteiger partial charge in [-0.15, -0.1) is 6.58 Å². The number of hydrogen-bond acceptors (Lipinski definition) is 4. The summed E-state index contributed by atoms with van der Waals surface area (Å²) in [4.78, 5) is 23.5. The number of ether oxygens (including phenoxy) is 2. The highest BCUT2D eigenvalue weighted by Gasteiger charge is 2.28. The topological polar surface area (TPSA) is 52.6 Å². The number of carbonyl (C=O) groups is 2. The molecule has 104 valence electrons. The Bertz CT molecular complexity index is 258. The molecule has 0 bridgehead atoms. The van der Waals surface area contributed by atoms with E-state index in [1.165, 1.54) is 6.08 Å². The number of carbonyl (C=O) groups excluding carboxylic acids is 2. The molecule has 0 spiro atoms. The summed E-state index contributed by atoms with van der Waals surface area (Å²) in [7, 11) is 0. The van der Waals surface area contributed by atoms with E-state index < -0.39 is 17.9 Å². The highest BCUT2D eigenvalue weighted by molar-refractivity contribution is 5.95. The lowest BCUT2D eigenvalue weighted by Crippen LogP contribution is -2.29. The van der Waals surface area contributed by atoms with Crippen molar-refractivity contribution in [2.45, 2.75) is 34.1 Å². The van der Waals surface area contributed by atoms with Crippen LogP contribution >= 0.6 is 0 Å². The normalized spacial score (nSPS) is 10.8. The van der Waals surface area contributed by atoms with Gasteiger partial charge in [-0.3, -0.25) is 9.59 Å². The molecule has 0 aromatic heterocycles. The number of allylic oxidation sites excluding steroid dienone is 1. The fourth-order valence-electron chi connectivity index (χ4n) is 1.15. The van der Waals surface area contributed by atoms with E-state index in [0.717, 1.165) is 0 Å². The maximum absolute atomic E-state index is 11.8. The smallest absolute Gasteiger partial charge is 0.320 e. The minimum atomic E-state index is -0.889. The predicted molar refractivity (Wildman–Crippen MR) is 69.9 cm³/mol. The van der Waals surface area contributed by atoms with E-state index >= 15 is 0 Å². The monoisotopic (exact) mass is 256 g/mol. The van der Waals surface area contributed by atoms with Crippen LogP contribution in [-0.4, -0.2) is 25.2 Å². The minimum Gasteiger partial charge on any atom is -0.465 e. The van der Waals surface area contributed by atoms with E-state index in [2.05, 4.69) is 6.58 Å². The Hall–Kier alpha value is -1.32. The molecule has 0 aromatic rings. The molecule has 0 saturated heterocycles. The third-order valence-electron chi connectivity index (χ3n) is 2.09. The Morgan fingerprint density at radius 2 is 1.39 bits per heavy atom. The van der Waals surface area contributed by atoms with Crippen LogP contribution in [0.2, 0.25) is 0 Å². The molecule has 0 rings (SSSR count). The van der Waals surface area contributed by atoms with Crippen molar-refractivity contribution in [3.63, 3.8) is 0 Å². The second-order valence-corrected chi connectivity index (χ2v) is 5.12.